The maximum Gasteiger partial charge on any atom is 0.126 e. The molecule has 1 aromatic heterocycles. The number of hydrogen-bond donors (Lipinski definition) is 1. The van der Waals surface area contributed by atoms with Crippen LogP contribution >= 0.6 is 0 Å². The zero-order valence-corrected chi connectivity index (χ0v) is 12.1. The van der Waals surface area contributed by atoms with Crippen molar-refractivity contribution in [1.29, 1.82) is 0 Å². The molecule has 0 fully saturated rings. The fourth-order valence-corrected chi connectivity index (χ4v) is 2.55. The highest BCUT2D eigenvalue weighted by atomic mass is 15.1. The molecule has 0 bridgehead atoms. The summed E-state index contributed by atoms with van der Waals surface area (Å²) in [6.07, 6.45) is 6.46. The first-order chi connectivity index (χ1) is 9.24. The van der Waals surface area contributed by atoms with Crippen LogP contribution in [0.25, 0.3) is 11.0 Å². The van der Waals surface area contributed by atoms with Gasteiger partial charge < -0.3 is 10.3 Å². The van der Waals surface area contributed by atoms with E-state index < -0.39 is 0 Å². The zero-order valence-electron chi connectivity index (χ0n) is 12.1. The van der Waals surface area contributed by atoms with E-state index in [0.29, 0.717) is 0 Å². The molecule has 1 unspecified atom stereocenters. The third kappa shape index (κ3) is 3.35. The molecule has 0 aliphatic heterocycles. The van der Waals surface area contributed by atoms with Crippen LogP contribution in [0.1, 0.15) is 57.8 Å². The lowest BCUT2D eigenvalue weighted by Crippen LogP contribution is -2.13. The number of nitrogens with zero attached hydrogens (tertiary/aromatic N) is 2. The minimum absolute atomic E-state index is 0.0111. The quantitative estimate of drug-likeness (QED) is 0.763. The van der Waals surface area contributed by atoms with Crippen molar-refractivity contribution in [3.63, 3.8) is 0 Å². The monoisotopic (exact) mass is 259 g/mol. The fourth-order valence-electron chi connectivity index (χ4n) is 2.55. The summed E-state index contributed by atoms with van der Waals surface area (Å²) in [6, 6.07) is 8.30. The van der Waals surface area contributed by atoms with Crippen molar-refractivity contribution in [1.82, 2.24) is 9.55 Å². The van der Waals surface area contributed by atoms with Crippen LogP contribution < -0.4 is 5.73 Å². The van der Waals surface area contributed by atoms with Gasteiger partial charge in [0, 0.05) is 6.54 Å². The number of aryl methyl sites for hydroxylation is 1. The molecule has 3 heteroatoms. The van der Waals surface area contributed by atoms with Crippen molar-refractivity contribution in [3.8, 4) is 0 Å². The Morgan fingerprint density at radius 3 is 2.63 bits per heavy atom. The largest absolute Gasteiger partial charge is 0.327 e. The number of imidazole rings is 1. The third-order valence-electron chi connectivity index (χ3n) is 3.58. The molecule has 104 valence electrons. The van der Waals surface area contributed by atoms with E-state index in [1.165, 1.54) is 37.6 Å². The number of nitrogens with two attached hydrogens (primary N) is 1. The van der Waals surface area contributed by atoms with E-state index in [1.54, 1.807) is 0 Å². The maximum absolute atomic E-state index is 6.05. The first kappa shape index (κ1) is 14.1. The first-order valence-corrected chi connectivity index (χ1v) is 7.44. The van der Waals surface area contributed by atoms with Crippen LogP contribution in [0.4, 0.5) is 0 Å². The third-order valence-corrected chi connectivity index (χ3v) is 3.58. The second kappa shape index (κ2) is 6.71. The Hall–Kier alpha value is -1.35. The predicted molar refractivity (Wildman–Crippen MR) is 81.1 cm³/mol. The smallest absolute Gasteiger partial charge is 0.126 e. The molecule has 2 rings (SSSR count). The molecule has 0 spiro atoms. The molecular weight excluding hydrogens is 234 g/mol. The predicted octanol–water partition coefficient (Wildman–Crippen LogP) is 4.03. The summed E-state index contributed by atoms with van der Waals surface area (Å²) in [7, 11) is 0. The molecule has 19 heavy (non-hydrogen) atoms. The van der Waals surface area contributed by atoms with E-state index >= 15 is 0 Å². The second-order valence-electron chi connectivity index (χ2n) is 5.31. The fraction of sp³-hybridized carbons (Fsp3) is 0.562. The van der Waals surface area contributed by atoms with E-state index in [1.807, 2.05) is 13.0 Å². The Kier molecular flexibility index (Phi) is 4.97. The van der Waals surface area contributed by atoms with Crippen LogP contribution in [-0.4, -0.2) is 9.55 Å². The van der Waals surface area contributed by atoms with Gasteiger partial charge in [-0.05, 0) is 25.5 Å². The van der Waals surface area contributed by atoms with Crippen LogP contribution in [0.2, 0.25) is 0 Å². The molecule has 0 aliphatic carbocycles. The number of aromatic nitrogens is 2. The highest BCUT2D eigenvalue weighted by Crippen LogP contribution is 2.20. The molecule has 3 nitrogen and oxygen atoms in total. The summed E-state index contributed by atoms with van der Waals surface area (Å²) in [6.45, 7) is 5.29. The Balaban J connectivity index is 2.13. The first-order valence-electron chi connectivity index (χ1n) is 7.44. The summed E-state index contributed by atoms with van der Waals surface area (Å²) in [5.74, 6) is 1.01. The molecule has 1 aromatic carbocycles. The van der Waals surface area contributed by atoms with E-state index in [9.17, 15) is 0 Å². The van der Waals surface area contributed by atoms with E-state index in [0.717, 1.165) is 17.9 Å². The maximum atomic E-state index is 6.05. The topological polar surface area (TPSA) is 43.8 Å². The van der Waals surface area contributed by atoms with Gasteiger partial charge in [0.15, 0.2) is 0 Å². The summed E-state index contributed by atoms with van der Waals surface area (Å²) in [4.78, 5) is 4.67. The van der Waals surface area contributed by atoms with E-state index in [4.69, 9.17) is 5.73 Å². The van der Waals surface area contributed by atoms with Crippen LogP contribution in [0, 0.1) is 0 Å². The van der Waals surface area contributed by atoms with Crippen LogP contribution in [-0.2, 0) is 6.54 Å². The summed E-state index contributed by atoms with van der Waals surface area (Å²) in [5.41, 5.74) is 8.32. The van der Waals surface area contributed by atoms with Gasteiger partial charge in [0.25, 0.3) is 0 Å². The molecular formula is C16H25N3. The average Bonchev–Trinajstić information content (AvgIpc) is 2.78. The molecule has 2 N–H and O–H groups in total. The van der Waals surface area contributed by atoms with Crippen molar-refractivity contribution in [2.45, 2.75) is 58.5 Å². The van der Waals surface area contributed by atoms with Crippen molar-refractivity contribution >= 4 is 11.0 Å². The van der Waals surface area contributed by atoms with Crippen LogP contribution in [0.3, 0.4) is 0 Å². The Morgan fingerprint density at radius 2 is 1.89 bits per heavy atom. The molecule has 0 radical (unpaired) electrons. The summed E-state index contributed by atoms with van der Waals surface area (Å²) >= 11 is 0. The van der Waals surface area contributed by atoms with Crippen molar-refractivity contribution in [3.05, 3.63) is 30.1 Å². The molecule has 1 heterocycles. The highest BCUT2D eigenvalue weighted by molar-refractivity contribution is 5.76. The zero-order chi connectivity index (χ0) is 13.7. The highest BCUT2D eigenvalue weighted by Gasteiger charge is 2.12. The van der Waals surface area contributed by atoms with Gasteiger partial charge in [0.2, 0.25) is 0 Å². The molecule has 2 aromatic rings. The lowest BCUT2D eigenvalue weighted by molar-refractivity contribution is 0.549. The van der Waals surface area contributed by atoms with Crippen LogP contribution in [0.5, 0.6) is 0 Å². The minimum Gasteiger partial charge on any atom is -0.327 e. The molecule has 0 saturated heterocycles. The Labute approximate surface area is 115 Å². The summed E-state index contributed by atoms with van der Waals surface area (Å²) in [5, 5.41) is 0. The molecule has 0 saturated carbocycles. The van der Waals surface area contributed by atoms with E-state index in [2.05, 4.69) is 34.7 Å². The number of rotatable bonds is 7. The number of benzene rings is 1. The average molecular weight is 259 g/mol. The second-order valence-corrected chi connectivity index (χ2v) is 5.31. The van der Waals surface area contributed by atoms with Gasteiger partial charge in [-0.3, -0.25) is 0 Å². The van der Waals surface area contributed by atoms with Gasteiger partial charge in [0.05, 0.1) is 17.1 Å². The molecule has 0 amide bonds. The lowest BCUT2D eigenvalue weighted by Gasteiger charge is -2.11. The van der Waals surface area contributed by atoms with Gasteiger partial charge in [-0.15, -0.1) is 0 Å². The minimum atomic E-state index is -0.0111. The molecule has 1 atom stereocenters. The number of unbranched alkanes of at least 4 members (excludes halogenated alkanes) is 4. The van der Waals surface area contributed by atoms with Gasteiger partial charge >= 0.3 is 0 Å². The van der Waals surface area contributed by atoms with Gasteiger partial charge in [-0.2, -0.15) is 0 Å². The van der Waals surface area contributed by atoms with Crippen molar-refractivity contribution < 1.29 is 0 Å². The Bertz CT molecular complexity index is 514. The number of fused-ring (bicyclic) bond motifs is 1. The van der Waals surface area contributed by atoms with Crippen molar-refractivity contribution in [2.24, 2.45) is 5.73 Å². The van der Waals surface area contributed by atoms with Gasteiger partial charge in [-0.25, -0.2) is 4.98 Å². The summed E-state index contributed by atoms with van der Waals surface area (Å²) < 4.78 is 2.30. The normalized spacial score (nSPS) is 13.0. The SMILES string of the molecule is CCCCCCCn1c(C(C)N)nc2ccccc21. The number of para-hydroxylation sites is 2. The van der Waals surface area contributed by atoms with E-state index in [-0.39, 0.29) is 6.04 Å². The standard InChI is InChI=1S/C16H25N3/c1-3-4-5-6-9-12-19-15-11-8-7-10-14(15)18-16(19)13(2)17/h7-8,10-11,13H,3-6,9,12,17H2,1-2H3. The number of hydrogen-bond acceptors (Lipinski definition) is 2. The van der Waals surface area contributed by atoms with Crippen LogP contribution in [0.15, 0.2) is 24.3 Å². The molecule has 0 aliphatic rings. The lowest BCUT2D eigenvalue weighted by atomic mass is 10.1. The van der Waals surface area contributed by atoms with Gasteiger partial charge in [-0.1, -0.05) is 44.7 Å². The van der Waals surface area contributed by atoms with Gasteiger partial charge in [0.1, 0.15) is 5.82 Å². The van der Waals surface area contributed by atoms with Crippen molar-refractivity contribution in [2.75, 3.05) is 0 Å². The Morgan fingerprint density at radius 1 is 1.16 bits per heavy atom.